The van der Waals surface area contributed by atoms with Gasteiger partial charge in [-0.3, -0.25) is 19.2 Å². The van der Waals surface area contributed by atoms with Crippen molar-refractivity contribution in [1.82, 2.24) is 4.98 Å². The number of fused-ring (bicyclic) bond motifs is 3. The smallest absolute Gasteiger partial charge is 0.305 e. The first kappa shape index (κ1) is 27.2. The Kier molecular flexibility index (Phi) is 6.87. The molecule has 2 N–H and O–H groups in total. The minimum atomic E-state index is -0.670. The molecular weight excluding hydrogens is 583 g/mol. The molecule has 3 amide bonds. The lowest BCUT2D eigenvalue weighted by atomic mass is 9.83. The lowest BCUT2D eigenvalue weighted by molar-refractivity contribution is -0.122. The van der Waals surface area contributed by atoms with Crippen molar-refractivity contribution >= 4 is 63.0 Å². The molecule has 5 aromatic rings. The maximum Gasteiger partial charge on any atom is 0.305 e. The maximum atomic E-state index is 13.9. The van der Waals surface area contributed by atoms with Gasteiger partial charge in [0.25, 0.3) is 5.91 Å². The summed E-state index contributed by atoms with van der Waals surface area (Å²) in [4.78, 5) is 57.1. The van der Waals surface area contributed by atoms with Crippen LogP contribution >= 0.6 is 23.1 Å². The van der Waals surface area contributed by atoms with Crippen molar-refractivity contribution in [3.05, 3.63) is 117 Å². The van der Waals surface area contributed by atoms with Crippen LogP contribution in [-0.2, 0) is 14.4 Å². The van der Waals surface area contributed by atoms with Gasteiger partial charge in [-0.1, -0.05) is 89.3 Å². The highest BCUT2D eigenvalue weighted by Crippen LogP contribution is 2.53. The number of thiazole rings is 1. The van der Waals surface area contributed by atoms with Crippen LogP contribution in [0.2, 0.25) is 0 Å². The van der Waals surface area contributed by atoms with Gasteiger partial charge in [0.05, 0.1) is 16.6 Å². The highest BCUT2D eigenvalue weighted by atomic mass is 32.2. The van der Waals surface area contributed by atoms with Crippen molar-refractivity contribution in [2.24, 2.45) is 5.92 Å². The number of aromatic amines is 1. The number of H-pyrrole nitrogens is 1. The van der Waals surface area contributed by atoms with Crippen LogP contribution < -0.4 is 19.8 Å². The van der Waals surface area contributed by atoms with Gasteiger partial charge < -0.3 is 15.0 Å². The predicted octanol–water partition coefficient (Wildman–Crippen LogP) is 5.71. The van der Waals surface area contributed by atoms with Crippen LogP contribution in [0.15, 0.2) is 101 Å². The van der Waals surface area contributed by atoms with Crippen molar-refractivity contribution in [1.29, 1.82) is 0 Å². The second-order valence-corrected chi connectivity index (χ2v) is 12.7. The molecule has 1 saturated heterocycles. The molecule has 0 saturated carbocycles. The fourth-order valence-corrected chi connectivity index (χ4v) is 8.28. The Morgan fingerprint density at radius 3 is 2.44 bits per heavy atom. The van der Waals surface area contributed by atoms with E-state index in [1.807, 2.05) is 73.7 Å². The minimum absolute atomic E-state index is 0.185. The summed E-state index contributed by atoms with van der Waals surface area (Å²) < 4.78 is 5.78. The molecule has 43 heavy (non-hydrogen) atoms. The first-order valence-electron chi connectivity index (χ1n) is 13.7. The van der Waals surface area contributed by atoms with Gasteiger partial charge in [0.2, 0.25) is 11.8 Å². The number of anilines is 2. The fourth-order valence-electron chi connectivity index (χ4n) is 5.77. The Hall–Kier alpha value is -4.67. The number of aryl methyl sites for hydroxylation is 1. The molecule has 2 aliphatic heterocycles. The molecule has 1 fully saturated rings. The Morgan fingerprint density at radius 2 is 1.65 bits per heavy atom. The number of carbonyl (C=O) groups is 3. The van der Waals surface area contributed by atoms with Gasteiger partial charge in [0.15, 0.2) is 6.61 Å². The van der Waals surface area contributed by atoms with Crippen LogP contribution in [0, 0.1) is 12.8 Å². The van der Waals surface area contributed by atoms with Crippen LogP contribution in [0.4, 0.5) is 11.4 Å². The zero-order valence-electron chi connectivity index (χ0n) is 22.9. The molecule has 3 atom stereocenters. The van der Waals surface area contributed by atoms with E-state index in [4.69, 9.17) is 4.74 Å². The second-order valence-electron chi connectivity index (χ2n) is 10.5. The fraction of sp³-hybridized carbons (Fsp3) is 0.152. The number of nitrogens with zero attached hydrogens (tertiary/aromatic N) is 1. The van der Waals surface area contributed by atoms with Crippen LogP contribution in [0.25, 0.3) is 10.8 Å². The standard InChI is InChI=1S/C33H25N3O5S2/c1-18-9-13-21(14-10-18)36-31(38)27-26(28-30(35-33(40)43-28)42-29(27)32(36)39)20-11-15-22(16-12-20)41-17-25(37)34-24-8-4-6-19-5-2-3-7-23(19)24/h2-16,26-27,29H,17H2,1H3,(H,34,37)(H,35,40)/t26-,27?,29?/m1/s1. The SMILES string of the molecule is Cc1ccc(N2C(=O)C3Sc4[nH]c(=O)sc4[C@H](c4ccc(OCC(=O)Nc5cccc6ccccc56)cc4)C3C2=O)cc1. The topological polar surface area (TPSA) is 109 Å². The molecule has 1 aromatic heterocycles. The van der Waals surface area contributed by atoms with Crippen LogP contribution in [0.5, 0.6) is 5.75 Å². The lowest BCUT2D eigenvalue weighted by Crippen LogP contribution is -2.32. The largest absolute Gasteiger partial charge is 0.484 e. The number of benzene rings is 4. The Labute approximate surface area is 254 Å². The van der Waals surface area contributed by atoms with E-state index >= 15 is 0 Å². The van der Waals surface area contributed by atoms with E-state index in [0.29, 0.717) is 22.2 Å². The molecule has 0 bridgehead atoms. The third-order valence-corrected chi connectivity index (χ3v) is 10.2. The monoisotopic (exact) mass is 607 g/mol. The summed E-state index contributed by atoms with van der Waals surface area (Å²) in [7, 11) is 0. The number of nitrogens with one attached hydrogen (secondary N) is 2. The number of aromatic nitrogens is 1. The first-order chi connectivity index (χ1) is 20.9. The molecule has 0 radical (unpaired) electrons. The molecule has 8 nitrogen and oxygen atoms in total. The molecule has 214 valence electrons. The molecule has 10 heteroatoms. The van der Waals surface area contributed by atoms with Gasteiger partial charge in [0.1, 0.15) is 11.0 Å². The number of thioether (sulfide) groups is 1. The number of amides is 3. The van der Waals surface area contributed by atoms with E-state index in [2.05, 4.69) is 10.3 Å². The summed E-state index contributed by atoms with van der Waals surface area (Å²) >= 11 is 2.32. The zero-order chi connectivity index (χ0) is 29.7. The molecule has 3 heterocycles. The number of imide groups is 1. The van der Waals surface area contributed by atoms with Crippen LogP contribution in [0.3, 0.4) is 0 Å². The Morgan fingerprint density at radius 1 is 0.907 bits per heavy atom. The minimum Gasteiger partial charge on any atom is -0.484 e. The van der Waals surface area contributed by atoms with E-state index in [0.717, 1.165) is 38.1 Å². The van der Waals surface area contributed by atoms with E-state index in [-0.39, 0.29) is 29.2 Å². The van der Waals surface area contributed by atoms with Crippen molar-refractivity contribution in [3.63, 3.8) is 0 Å². The zero-order valence-corrected chi connectivity index (χ0v) is 24.5. The average Bonchev–Trinajstić information content (AvgIpc) is 3.51. The summed E-state index contributed by atoms with van der Waals surface area (Å²) in [5, 5.41) is 4.85. The van der Waals surface area contributed by atoms with Crippen molar-refractivity contribution in [3.8, 4) is 5.75 Å². The number of carbonyl (C=O) groups excluding carboxylic acids is 3. The van der Waals surface area contributed by atoms with Gasteiger partial charge in [0, 0.05) is 21.9 Å². The number of ether oxygens (including phenoxy) is 1. The third kappa shape index (κ3) is 4.92. The van der Waals surface area contributed by atoms with Gasteiger partial charge in [-0.25, -0.2) is 4.90 Å². The number of hydrogen-bond donors (Lipinski definition) is 2. The van der Waals surface area contributed by atoms with Crippen LogP contribution in [-0.4, -0.2) is 34.6 Å². The quantitative estimate of drug-likeness (QED) is 0.240. The molecule has 0 spiro atoms. The number of rotatable bonds is 6. The van der Waals surface area contributed by atoms with Gasteiger partial charge in [-0.15, -0.1) is 0 Å². The summed E-state index contributed by atoms with van der Waals surface area (Å²) in [5.74, 6) is -1.54. The lowest BCUT2D eigenvalue weighted by Gasteiger charge is -2.29. The molecule has 7 rings (SSSR count). The maximum absolute atomic E-state index is 13.9. The highest BCUT2D eigenvalue weighted by molar-refractivity contribution is 8.00. The second kappa shape index (κ2) is 10.9. The van der Waals surface area contributed by atoms with E-state index < -0.39 is 17.1 Å². The van der Waals surface area contributed by atoms with Gasteiger partial charge in [-0.2, -0.15) is 0 Å². The van der Waals surface area contributed by atoms with Gasteiger partial charge in [-0.05, 0) is 48.2 Å². The van der Waals surface area contributed by atoms with E-state index in [9.17, 15) is 19.2 Å². The van der Waals surface area contributed by atoms with Crippen LogP contribution in [0.1, 0.15) is 21.9 Å². The summed E-state index contributed by atoms with van der Waals surface area (Å²) in [6, 6.07) is 28.0. The summed E-state index contributed by atoms with van der Waals surface area (Å²) in [6.07, 6.45) is 0. The van der Waals surface area contributed by atoms with E-state index in [1.54, 1.807) is 24.3 Å². The Bertz CT molecular complexity index is 1940. The molecular formula is C33H25N3O5S2. The summed E-state index contributed by atoms with van der Waals surface area (Å²) in [5.41, 5.74) is 3.06. The molecule has 2 unspecified atom stereocenters. The van der Waals surface area contributed by atoms with Crippen molar-refractivity contribution < 1.29 is 19.1 Å². The predicted molar refractivity (Wildman–Crippen MR) is 168 cm³/mol. The molecule has 4 aromatic carbocycles. The molecule has 2 aliphatic rings. The average molecular weight is 608 g/mol. The van der Waals surface area contributed by atoms with Crippen molar-refractivity contribution in [2.45, 2.75) is 23.1 Å². The van der Waals surface area contributed by atoms with Gasteiger partial charge >= 0.3 is 4.87 Å². The van der Waals surface area contributed by atoms with Crippen molar-refractivity contribution in [2.75, 3.05) is 16.8 Å². The Balaban J connectivity index is 1.12. The normalized spacial score (nSPS) is 19.3. The highest BCUT2D eigenvalue weighted by Gasteiger charge is 2.56. The summed E-state index contributed by atoms with van der Waals surface area (Å²) in [6.45, 7) is 1.76. The molecule has 0 aliphatic carbocycles. The first-order valence-corrected chi connectivity index (χ1v) is 15.4. The number of hydrogen-bond acceptors (Lipinski definition) is 7. The van der Waals surface area contributed by atoms with E-state index in [1.165, 1.54) is 16.7 Å². The third-order valence-electron chi connectivity index (χ3n) is 7.79.